The number of nitrogens with one attached hydrogen (secondary N) is 1. The molecule has 1 saturated carbocycles. The highest BCUT2D eigenvalue weighted by molar-refractivity contribution is 6.36. The lowest BCUT2D eigenvalue weighted by atomic mass is 9.84. The molecule has 1 unspecified atom stereocenters. The normalized spacial score (nSPS) is 19.6. The van der Waals surface area contributed by atoms with E-state index in [9.17, 15) is 9.59 Å². The lowest BCUT2D eigenvalue weighted by molar-refractivity contribution is -0.138. The first-order chi connectivity index (χ1) is 7.15. The number of carbonyl (C=O) groups excluding carboxylic acids is 2. The molecule has 0 aliphatic heterocycles. The smallest absolute Gasteiger partial charge is 0.287 e. The molecule has 1 amide bonds. The van der Waals surface area contributed by atoms with Gasteiger partial charge in [0.1, 0.15) is 0 Å². The molecule has 0 spiro atoms. The third kappa shape index (κ3) is 3.65. The van der Waals surface area contributed by atoms with Gasteiger partial charge in [0.25, 0.3) is 5.91 Å². The van der Waals surface area contributed by atoms with E-state index in [0.717, 1.165) is 0 Å². The van der Waals surface area contributed by atoms with Crippen molar-refractivity contribution in [3.05, 3.63) is 0 Å². The Morgan fingerprint density at radius 3 is 2.40 bits per heavy atom. The van der Waals surface area contributed by atoms with E-state index in [2.05, 4.69) is 5.32 Å². The van der Waals surface area contributed by atoms with Crippen LogP contribution in [0.15, 0.2) is 0 Å². The molecule has 0 aromatic heterocycles. The van der Waals surface area contributed by atoms with Gasteiger partial charge in [-0.3, -0.25) is 9.59 Å². The Bertz CT molecular complexity index is 232. The summed E-state index contributed by atoms with van der Waals surface area (Å²) in [5.74, 6) is -0.152. The molecule has 1 aliphatic rings. The van der Waals surface area contributed by atoms with Crippen molar-refractivity contribution in [2.75, 3.05) is 0 Å². The van der Waals surface area contributed by atoms with Gasteiger partial charge in [0.15, 0.2) is 0 Å². The predicted octanol–water partition coefficient (Wildman–Crippen LogP) is 2.05. The second-order valence-electron chi connectivity index (χ2n) is 4.44. The average molecular weight is 211 g/mol. The first kappa shape index (κ1) is 12.2. The summed E-state index contributed by atoms with van der Waals surface area (Å²) in [4.78, 5) is 22.5. The maximum atomic E-state index is 11.4. The summed E-state index contributed by atoms with van der Waals surface area (Å²) < 4.78 is 0. The minimum absolute atomic E-state index is 0.147. The van der Waals surface area contributed by atoms with E-state index < -0.39 is 5.91 Å². The Balaban J connectivity index is 2.36. The summed E-state index contributed by atoms with van der Waals surface area (Å²) in [6.07, 6.45) is 6.48. The number of carbonyl (C=O) groups is 2. The second-order valence-corrected chi connectivity index (χ2v) is 4.44. The standard InChI is InChI=1S/C12H21NO2/c1-3-11(14)12(15)13-9(2)10-7-5-4-6-8-10/h9-10H,3-8H2,1-2H3,(H,13,15). The van der Waals surface area contributed by atoms with Crippen molar-refractivity contribution < 1.29 is 9.59 Å². The lowest BCUT2D eigenvalue weighted by Gasteiger charge is -2.27. The zero-order chi connectivity index (χ0) is 11.3. The number of hydrogen-bond donors (Lipinski definition) is 1. The fraction of sp³-hybridized carbons (Fsp3) is 0.833. The lowest BCUT2D eigenvalue weighted by Crippen LogP contribution is -2.42. The molecule has 0 bridgehead atoms. The van der Waals surface area contributed by atoms with Crippen molar-refractivity contribution in [2.24, 2.45) is 5.92 Å². The Labute approximate surface area is 91.6 Å². The van der Waals surface area contributed by atoms with Gasteiger partial charge in [0, 0.05) is 12.5 Å². The van der Waals surface area contributed by atoms with Crippen molar-refractivity contribution in [3.63, 3.8) is 0 Å². The topological polar surface area (TPSA) is 46.2 Å². The van der Waals surface area contributed by atoms with Gasteiger partial charge in [-0.1, -0.05) is 26.2 Å². The SMILES string of the molecule is CCC(=O)C(=O)NC(C)C1CCCCC1. The summed E-state index contributed by atoms with van der Waals surface area (Å²) >= 11 is 0. The van der Waals surface area contributed by atoms with Crippen LogP contribution in [0.25, 0.3) is 0 Å². The van der Waals surface area contributed by atoms with Crippen LogP contribution in [0.3, 0.4) is 0 Å². The molecule has 1 fully saturated rings. The number of Topliss-reactive ketones (excluding diaryl/α,β-unsaturated/α-hetero) is 1. The van der Waals surface area contributed by atoms with E-state index in [1.165, 1.54) is 32.1 Å². The minimum Gasteiger partial charge on any atom is -0.347 e. The Morgan fingerprint density at radius 1 is 1.27 bits per heavy atom. The van der Waals surface area contributed by atoms with E-state index in [0.29, 0.717) is 12.3 Å². The number of hydrogen-bond acceptors (Lipinski definition) is 2. The van der Waals surface area contributed by atoms with Crippen molar-refractivity contribution in [1.29, 1.82) is 0 Å². The van der Waals surface area contributed by atoms with Gasteiger partial charge in [-0.05, 0) is 25.7 Å². The molecule has 15 heavy (non-hydrogen) atoms. The molecule has 0 aromatic rings. The van der Waals surface area contributed by atoms with Gasteiger partial charge in [-0.25, -0.2) is 0 Å². The van der Waals surface area contributed by atoms with Crippen LogP contribution >= 0.6 is 0 Å². The van der Waals surface area contributed by atoms with Gasteiger partial charge in [-0.2, -0.15) is 0 Å². The van der Waals surface area contributed by atoms with Crippen molar-refractivity contribution in [2.45, 2.75) is 58.4 Å². The first-order valence-electron chi connectivity index (χ1n) is 5.98. The van der Waals surface area contributed by atoms with Crippen molar-refractivity contribution >= 4 is 11.7 Å². The van der Waals surface area contributed by atoms with Crippen LogP contribution in [0.2, 0.25) is 0 Å². The van der Waals surface area contributed by atoms with Crippen LogP contribution in [-0.4, -0.2) is 17.7 Å². The molecule has 0 radical (unpaired) electrons. The molecule has 86 valence electrons. The van der Waals surface area contributed by atoms with Crippen LogP contribution in [0.1, 0.15) is 52.4 Å². The molecule has 1 aliphatic carbocycles. The molecule has 3 heteroatoms. The van der Waals surface area contributed by atoms with Crippen LogP contribution in [-0.2, 0) is 9.59 Å². The van der Waals surface area contributed by atoms with E-state index >= 15 is 0 Å². The molecule has 0 saturated heterocycles. The Kier molecular flexibility index (Phi) is 4.79. The zero-order valence-corrected chi connectivity index (χ0v) is 9.71. The van der Waals surface area contributed by atoms with E-state index in [4.69, 9.17) is 0 Å². The van der Waals surface area contributed by atoms with Crippen LogP contribution in [0, 0.1) is 5.92 Å². The van der Waals surface area contributed by atoms with Crippen LogP contribution < -0.4 is 5.32 Å². The molecular weight excluding hydrogens is 190 g/mol. The monoisotopic (exact) mass is 211 g/mol. The average Bonchev–Trinajstić information content (AvgIpc) is 2.29. The quantitative estimate of drug-likeness (QED) is 0.723. The highest BCUT2D eigenvalue weighted by Gasteiger charge is 2.22. The highest BCUT2D eigenvalue weighted by Crippen LogP contribution is 2.26. The summed E-state index contributed by atoms with van der Waals surface area (Å²) in [5.41, 5.74) is 0. The highest BCUT2D eigenvalue weighted by atomic mass is 16.2. The largest absolute Gasteiger partial charge is 0.347 e. The molecule has 0 aromatic carbocycles. The number of ketones is 1. The first-order valence-corrected chi connectivity index (χ1v) is 5.98. The van der Waals surface area contributed by atoms with Crippen molar-refractivity contribution in [3.8, 4) is 0 Å². The van der Waals surface area contributed by atoms with Gasteiger partial charge >= 0.3 is 0 Å². The van der Waals surface area contributed by atoms with Gasteiger partial charge in [0.2, 0.25) is 5.78 Å². The van der Waals surface area contributed by atoms with Crippen LogP contribution in [0.5, 0.6) is 0 Å². The third-order valence-corrected chi connectivity index (χ3v) is 3.29. The molecule has 3 nitrogen and oxygen atoms in total. The summed E-state index contributed by atoms with van der Waals surface area (Å²) in [7, 11) is 0. The minimum atomic E-state index is -0.407. The summed E-state index contributed by atoms with van der Waals surface area (Å²) in [6, 6.07) is 0.147. The fourth-order valence-corrected chi connectivity index (χ4v) is 2.20. The third-order valence-electron chi connectivity index (χ3n) is 3.29. The van der Waals surface area contributed by atoms with Crippen molar-refractivity contribution in [1.82, 2.24) is 5.32 Å². The van der Waals surface area contributed by atoms with E-state index in [1.807, 2.05) is 6.92 Å². The van der Waals surface area contributed by atoms with E-state index in [1.54, 1.807) is 6.92 Å². The molecule has 1 rings (SSSR count). The summed E-state index contributed by atoms with van der Waals surface area (Å²) in [6.45, 7) is 3.73. The van der Waals surface area contributed by atoms with E-state index in [-0.39, 0.29) is 11.8 Å². The second kappa shape index (κ2) is 5.89. The molecule has 0 heterocycles. The fourth-order valence-electron chi connectivity index (χ4n) is 2.20. The van der Waals surface area contributed by atoms with Crippen LogP contribution in [0.4, 0.5) is 0 Å². The Morgan fingerprint density at radius 2 is 1.87 bits per heavy atom. The molecule has 1 atom stereocenters. The Hall–Kier alpha value is -0.860. The number of rotatable bonds is 4. The zero-order valence-electron chi connectivity index (χ0n) is 9.71. The maximum absolute atomic E-state index is 11.4. The van der Waals surface area contributed by atoms with Gasteiger partial charge in [-0.15, -0.1) is 0 Å². The van der Waals surface area contributed by atoms with Gasteiger partial charge in [0.05, 0.1) is 0 Å². The maximum Gasteiger partial charge on any atom is 0.287 e. The molecular formula is C12H21NO2. The number of amides is 1. The predicted molar refractivity (Wildman–Crippen MR) is 59.5 cm³/mol. The van der Waals surface area contributed by atoms with Gasteiger partial charge < -0.3 is 5.32 Å². The molecule has 1 N–H and O–H groups in total. The summed E-state index contributed by atoms with van der Waals surface area (Å²) in [5, 5.41) is 2.81.